The fourth-order valence-electron chi connectivity index (χ4n) is 3.57. The standard InChI is InChI=1S/C23H24N4O3S/c1-15-6-4-9-18-21(15)24-23(31-18)26(13-12-25(2)3)22(30)16-7-5-8-17(14-16)27-19(28)10-11-20(27)29/h4-9,14H,10-13H2,1-3H3. The van der Waals surface area contributed by atoms with Gasteiger partial charge in [-0.25, -0.2) is 4.98 Å². The summed E-state index contributed by atoms with van der Waals surface area (Å²) in [5, 5.41) is 0.634. The zero-order valence-corrected chi connectivity index (χ0v) is 18.6. The molecule has 3 amide bonds. The Bertz CT molecular complexity index is 1150. The first-order valence-electron chi connectivity index (χ1n) is 10.1. The van der Waals surface area contributed by atoms with E-state index in [-0.39, 0.29) is 30.6 Å². The second-order valence-corrected chi connectivity index (χ2v) is 8.86. The van der Waals surface area contributed by atoms with Gasteiger partial charge in [0.15, 0.2) is 5.13 Å². The van der Waals surface area contributed by atoms with Gasteiger partial charge in [0.05, 0.1) is 15.9 Å². The maximum Gasteiger partial charge on any atom is 0.260 e. The molecule has 1 saturated heterocycles. The van der Waals surface area contributed by atoms with Crippen LogP contribution >= 0.6 is 11.3 Å². The van der Waals surface area contributed by atoms with E-state index < -0.39 is 0 Å². The van der Waals surface area contributed by atoms with E-state index in [0.717, 1.165) is 15.8 Å². The SMILES string of the molecule is Cc1cccc2sc(N(CCN(C)C)C(=O)c3cccc(N4C(=O)CCC4=O)c3)nc12. The molecule has 0 radical (unpaired) electrons. The number of anilines is 2. The van der Waals surface area contributed by atoms with Crippen molar-refractivity contribution in [2.75, 3.05) is 37.0 Å². The molecule has 0 N–H and O–H groups in total. The van der Waals surface area contributed by atoms with Gasteiger partial charge >= 0.3 is 0 Å². The second-order valence-electron chi connectivity index (χ2n) is 7.85. The van der Waals surface area contributed by atoms with E-state index >= 15 is 0 Å². The Morgan fingerprint density at radius 2 is 1.77 bits per heavy atom. The lowest BCUT2D eigenvalue weighted by Gasteiger charge is -2.23. The topological polar surface area (TPSA) is 73.8 Å². The zero-order valence-electron chi connectivity index (χ0n) is 17.8. The van der Waals surface area contributed by atoms with Gasteiger partial charge in [-0.3, -0.25) is 24.2 Å². The predicted molar refractivity (Wildman–Crippen MR) is 123 cm³/mol. The molecule has 3 aromatic rings. The van der Waals surface area contributed by atoms with Crippen molar-refractivity contribution >= 4 is 50.1 Å². The predicted octanol–water partition coefficient (Wildman–Crippen LogP) is 3.47. The number of hydrogen-bond acceptors (Lipinski definition) is 6. The third kappa shape index (κ3) is 4.22. The molecule has 1 aliphatic rings. The average Bonchev–Trinajstić information content (AvgIpc) is 3.32. The molecule has 0 atom stereocenters. The van der Waals surface area contributed by atoms with Gasteiger partial charge in [-0.15, -0.1) is 0 Å². The minimum atomic E-state index is -0.235. The van der Waals surface area contributed by atoms with Gasteiger partial charge < -0.3 is 4.90 Å². The molecule has 8 heteroatoms. The van der Waals surface area contributed by atoms with Crippen molar-refractivity contribution in [2.45, 2.75) is 19.8 Å². The zero-order chi connectivity index (χ0) is 22.1. The number of carbonyl (C=O) groups is 3. The molecule has 7 nitrogen and oxygen atoms in total. The Hall–Kier alpha value is -3.10. The van der Waals surface area contributed by atoms with E-state index in [2.05, 4.69) is 0 Å². The summed E-state index contributed by atoms with van der Waals surface area (Å²) in [6, 6.07) is 12.7. The quantitative estimate of drug-likeness (QED) is 0.553. The van der Waals surface area contributed by atoms with Gasteiger partial charge in [0.25, 0.3) is 5.91 Å². The van der Waals surface area contributed by atoms with Crippen LogP contribution in [0.2, 0.25) is 0 Å². The van der Waals surface area contributed by atoms with Crippen LogP contribution in [0.15, 0.2) is 42.5 Å². The van der Waals surface area contributed by atoms with Gasteiger partial charge in [-0.05, 0) is 50.8 Å². The maximum atomic E-state index is 13.5. The Morgan fingerprint density at radius 1 is 1.06 bits per heavy atom. The first-order valence-corrected chi connectivity index (χ1v) is 11.0. The van der Waals surface area contributed by atoms with E-state index in [1.54, 1.807) is 29.2 Å². The number of aromatic nitrogens is 1. The molecule has 0 saturated carbocycles. The molecule has 1 aromatic heterocycles. The monoisotopic (exact) mass is 436 g/mol. The average molecular weight is 437 g/mol. The van der Waals surface area contributed by atoms with Crippen LogP contribution in [0.1, 0.15) is 28.8 Å². The van der Waals surface area contributed by atoms with Crippen molar-refractivity contribution in [3.8, 4) is 0 Å². The number of aryl methyl sites for hydroxylation is 1. The fraction of sp³-hybridized carbons (Fsp3) is 0.304. The summed E-state index contributed by atoms with van der Waals surface area (Å²) in [7, 11) is 3.91. The highest BCUT2D eigenvalue weighted by Crippen LogP contribution is 2.32. The number of amides is 3. The molecule has 0 bridgehead atoms. The Kier molecular flexibility index (Phi) is 5.84. The number of hydrogen-bond donors (Lipinski definition) is 0. The summed E-state index contributed by atoms with van der Waals surface area (Å²) in [6.45, 7) is 3.14. The number of imide groups is 1. The number of thiazole rings is 1. The summed E-state index contributed by atoms with van der Waals surface area (Å²) >= 11 is 1.48. The van der Waals surface area contributed by atoms with Crippen LogP contribution in [-0.4, -0.2) is 54.8 Å². The molecule has 2 heterocycles. The van der Waals surface area contributed by atoms with Crippen molar-refractivity contribution in [2.24, 2.45) is 0 Å². The first-order chi connectivity index (χ1) is 14.8. The van der Waals surface area contributed by atoms with Crippen LogP contribution in [-0.2, 0) is 9.59 Å². The number of nitrogens with zero attached hydrogens (tertiary/aromatic N) is 4. The van der Waals surface area contributed by atoms with Crippen LogP contribution in [0.25, 0.3) is 10.2 Å². The first kappa shape index (κ1) is 21.1. The van der Waals surface area contributed by atoms with Crippen molar-refractivity contribution in [1.82, 2.24) is 9.88 Å². The van der Waals surface area contributed by atoms with Crippen LogP contribution in [0.3, 0.4) is 0 Å². The number of para-hydroxylation sites is 1. The van der Waals surface area contributed by atoms with Crippen LogP contribution in [0.5, 0.6) is 0 Å². The lowest BCUT2D eigenvalue weighted by molar-refractivity contribution is -0.121. The number of rotatable bonds is 6. The minimum absolute atomic E-state index is 0.205. The normalized spacial score (nSPS) is 14.1. The maximum absolute atomic E-state index is 13.5. The van der Waals surface area contributed by atoms with Crippen LogP contribution < -0.4 is 9.80 Å². The van der Waals surface area contributed by atoms with Crippen molar-refractivity contribution in [3.63, 3.8) is 0 Å². The van der Waals surface area contributed by atoms with Gasteiger partial charge in [0.2, 0.25) is 11.8 Å². The number of benzene rings is 2. The summed E-state index contributed by atoms with van der Waals surface area (Å²) < 4.78 is 1.03. The number of fused-ring (bicyclic) bond motifs is 1. The summed E-state index contributed by atoms with van der Waals surface area (Å²) in [6.07, 6.45) is 0.411. The van der Waals surface area contributed by atoms with Gasteiger partial charge in [-0.2, -0.15) is 0 Å². The van der Waals surface area contributed by atoms with E-state index in [0.29, 0.717) is 29.5 Å². The molecule has 160 valence electrons. The molecule has 4 rings (SSSR count). The highest BCUT2D eigenvalue weighted by atomic mass is 32.1. The third-order valence-corrected chi connectivity index (χ3v) is 6.30. The lowest BCUT2D eigenvalue weighted by Crippen LogP contribution is -2.37. The van der Waals surface area contributed by atoms with E-state index in [1.165, 1.54) is 16.2 Å². The minimum Gasteiger partial charge on any atom is -0.308 e. The highest BCUT2D eigenvalue weighted by Gasteiger charge is 2.31. The Balaban J connectivity index is 1.70. The summed E-state index contributed by atoms with van der Waals surface area (Å²) in [5.74, 6) is -0.680. The Morgan fingerprint density at radius 3 is 2.45 bits per heavy atom. The lowest BCUT2D eigenvalue weighted by atomic mass is 10.1. The molecular formula is C23H24N4O3S. The molecule has 0 spiro atoms. The third-order valence-electron chi connectivity index (χ3n) is 5.26. The molecule has 1 fully saturated rings. The van der Waals surface area contributed by atoms with E-state index in [9.17, 15) is 14.4 Å². The van der Waals surface area contributed by atoms with E-state index in [1.807, 2.05) is 44.1 Å². The molecule has 31 heavy (non-hydrogen) atoms. The van der Waals surface area contributed by atoms with Crippen molar-refractivity contribution < 1.29 is 14.4 Å². The number of carbonyl (C=O) groups excluding carboxylic acids is 3. The molecular weight excluding hydrogens is 412 g/mol. The Labute approximate surface area is 184 Å². The van der Waals surface area contributed by atoms with Gasteiger partial charge in [0, 0.05) is 31.5 Å². The summed E-state index contributed by atoms with van der Waals surface area (Å²) in [5.41, 5.74) is 2.81. The fourth-order valence-corrected chi connectivity index (χ4v) is 4.64. The van der Waals surface area contributed by atoms with Gasteiger partial charge in [0.1, 0.15) is 0 Å². The molecule has 0 unspecified atom stereocenters. The van der Waals surface area contributed by atoms with Crippen LogP contribution in [0.4, 0.5) is 10.8 Å². The molecule has 2 aromatic carbocycles. The number of likely N-dealkylation sites (N-methyl/N-ethyl adjacent to an activating group) is 1. The van der Waals surface area contributed by atoms with E-state index in [4.69, 9.17) is 4.98 Å². The molecule has 1 aliphatic heterocycles. The van der Waals surface area contributed by atoms with Crippen molar-refractivity contribution in [1.29, 1.82) is 0 Å². The molecule has 0 aliphatic carbocycles. The van der Waals surface area contributed by atoms with Crippen molar-refractivity contribution in [3.05, 3.63) is 53.6 Å². The highest BCUT2D eigenvalue weighted by molar-refractivity contribution is 7.22. The smallest absolute Gasteiger partial charge is 0.260 e. The van der Waals surface area contributed by atoms with Crippen LogP contribution in [0, 0.1) is 6.92 Å². The largest absolute Gasteiger partial charge is 0.308 e. The second kappa shape index (κ2) is 8.56. The van der Waals surface area contributed by atoms with Gasteiger partial charge in [-0.1, -0.05) is 29.5 Å². The summed E-state index contributed by atoms with van der Waals surface area (Å²) in [4.78, 5) is 47.4.